The van der Waals surface area contributed by atoms with Crippen LogP contribution in [-0.4, -0.2) is 10.7 Å². The Morgan fingerprint density at radius 2 is 2.43 bits per heavy atom. The Labute approximate surface area is 96.8 Å². The van der Waals surface area contributed by atoms with E-state index in [4.69, 9.17) is 0 Å². The van der Waals surface area contributed by atoms with E-state index in [1.807, 2.05) is 18.4 Å². The summed E-state index contributed by atoms with van der Waals surface area (Å²) in [5, 5.41) is 5.02. The minimum absolute atomic E-state index is 0.0465. The number of hydrogen-bond donors (Lipinski definition) is 1. The molecule has 0 radical (unpaired) electrons. The van der Waals surface area contributed by atoms with Crippen LogP contribution in [0.15, 0.2) is 17.5 Å². The summed E-state index contributed by atoms with van der Waals surface area (Å²) in [5.74, 6) is 0.0465. The van der Waals surface area contributed by atoms with Crippen LogP contribution >= 0.6 is 27.3 Å². The fraction of sp³-hybridized carbons (Fsp3) is 0.500. The molecule has 0 spiro atoms. The van der Waals surface area contributed by atoms with Crippen molar-refractivity contribution < 1.29 is 4.79 Å². The third kappa shape index (κ3) is 3.10. The average molecular weight is 276 g/mol. The van der Waals surface area contributed by atoms with Crippen molar-refractivity contribution in [3.8, 4) is 0 Å². The molecule has 0 aliphatic heterocycles. The smallest absolute Gasteiger partial charge is 0.234 e. The SMILES string of the molecule is CCC(NC(=O)C(C)Br)c1cccs1. The zero-order valence-corrected chi connectivity index (χ0v) is 10.7. The number of hydrogen-bond acceptors (Lipinski definition) is 2. The second kappa shape index (κ2) is 5.51. The van der Waals surface area contributed by atoms with Crippen molar-refractivity contribution in [3.63, 3.8) is 0 Å². The number of halogens is 1. The van der Waals surface area contributed by atoms with Gasteiger partial charge in [0, 0.05) is 4.88 Å². The first kappa shape index (κ1) is 11.7. The van der Waals surface area contributed by atoms with E-state index in [9.17, 15) is 4.79 Å². The molecular weight excluding hydrogens is 262 g/mol. The van der Waals surface area contributed by atoms with Crippen LogP contribution in [0.25, 0.3) is 0 Å². The molecule has 1 heterocycles. The third-order valence-electron chi connectivity index (χ3n) is 1.97. The lowest BCUT2D eigenvalue weighted by Crippen LogP contribution is -2.32. The lowest BCUT2D eigenvalue weighted by atomic mass is 10.2. The lowest BCUT2D eigenvalue weighted by molar-refractivity contribution is -0.120. The standard InChI is InChI=1S/C10H14BrNOS/c1-3-8(9-5-4-6-14-9)12-10(13)7(2)11/h4-8H,3H2,1-2H3,(H,12,13). The van der Waals surface area contributed by atoms with Crippen LogP contribution in [0.1, 0.15) is 31.2 Å². The van der Waals surface area contributed by atoms with Gasteiger partial charge in [-0.25, -0.2) is 0 Å². The van der Waals surface area contributed by atoms with Gasteiger partial charge in [0.2, 0.25) is 5.91 Å². The van der Waals surface area contributed by atoms with Crippen LogP contribution in [-0.2, 0) is 4.79 Å². The maximum atomic E-state index is 11.5. The molecule has 1 amide bonds. The number of nitrogens with one attached hydrogen (secondary N) is 1. The molecule has 2 atom stereocenters. The Morgan fingerprint density at radius 3 is 2.86 bits per heavy atom. The molecule has 0 saturated heterocycles. The Kier molecular flexibility index (Phi) is 4.62. The Hall–Kier alpha value is -0.350. The normalized spacial score (nSPS) is 14.8. The maximum absolute atomic E-state index is 11.5. The van der Waals surface area contributed by atoms with E-state index in [1.54, 1.807) is 11.3 Å². The molecular formula is C10H14BrNOS. The Balaban J connectivity index is 2.61. The first-order valence-corrected chi connectivity index (χ1v) is 6.42. The summed E-state index contributed by atoms with van der Waals surface area (Å²) in [5.41, 5.74) is 0. The van der Waals surface area contributed by atoms with Crippen molar-refractivity contribution in [2.45, 2.75) is 31.1 Å². The second-order valence-corrected chi connectivity index (χ2v) is 5.45. The van der Waals surface area contributed by atoms with Crippen LogP contribution in [0.4, 0.5) is 0 Å². The molecule has 0 saturated carbocycles. The van der Waals surface area contributed by atoms with Gasteiger partial charge >= 0.3 is 0 Å². The zero-order chi connectivity index (χ0) is 10.6. The van der Waals surface area contributed by atoms with Gasteiger partial charge in [0.25, 0.3) is 0 Å². The van der Waals surface area contributed by atoms with E-state index in [0.29, 0.717) is 0 Å². The minimum Gasteiger partial charge on any atom is -0.348 e. The number of amides is 1. The van der Waals surface area contributed by atoms with E-state index in [2.05, 4.69) is 34.2 Å². The van der Waals surface area contributed by atoms with Crippen molar-refractivity contribution in [1.82, 2.24) is 5.32 Å². The van der Waals surface area contributed by atoms with E-state index in [-0.39, 0.29) is 16.8 Å². The van der Waals surface area contributed by atoms with Crippen LogP contribution < -0.4 is 5.32 Å². The molecule has 1 rings (SSSR count). The topological polar surface area (TPSA) is 29.1 Å². The fourth-order valence-electron chi connectivity index (χ4n) is 1.15. The van der Waals surface area contributed by atoms with Crippen LogP contribution in [0.3, 0.4) is 0 Å². The summed E-state index contributed by atoms with van der Waals surface area (Å²) < 4.78 is 0. The average Bonchev–Trinajstić information content (AvgIpc) is 2.66. The highest BCUT2D eigenvalue weighted by atomic mass is 79.9. The summed E-state index contributed by atoms with van der Waals surface area (Å²) in [6.07, 6.45) is 0.923. The third-order valence-corrected chi connectivity index (χ3v) is 3.37. The molecule has 0 fully saturated rings. The van der Waals surface area contributed by atoms with Gasteiger partial charge in [-0.1, -0.05) is 28.9 Å². The minimum atomic E-state index is -0.128. The number of carbonyl (C=O) groups is 1. The number of alkyl halides is 1. The van der Waals surface area contributed by atoms with Gasteiger partial charge in [-0.15, -0.1) is 11.3 Å². The summed E-state index contributed by atoms with van der Waals surface area (Å²) >= 11 is 4.93. The molecule has 2 unspecified atom stereocenters. The molecule has 1 aromatic heterocycles. The van der Waals surface area contributed by atoms with Crippen molar-refractivity contribution in [2.24, 2.45) is 0 Å². The van der Waals surface area contributed by atoms with Gasteiger partial charge in [0.1, 0.15) is 0 Å². The largest absolute Gasteiger partial charge is 0.348 e. The van der Waals surface area contributed by atoms with Gasteiger partial charge in [0.05, 0.1) is 10.9 Å². The van der Waals surface area contributed by atoms with Gasteiger partial charge in [-0.2, -0.15) is 0 Å². The molecule has 1 aromatic rings. The van der Waals surface area contributed by atoms with Crippen molar-refractivity contribution in [1.29, 1.82) is 0 Å². The van der Waals surface area contributed by atoms with Gasteiger partial charge in [-0.3, -0.25) is 4.79 Å². The van der Waals surface area contributed by atoms with E-state index in [0.717, 1.165) is 6.42 Å². The summed E-state index contributed by atoms with van der Waals surface area (Å²) in [6.45, 7) is 3.90. The van der Waals surface area contributed by atoms with E-state index in [1.165, 1.54) is 4.88 Å². The summed E-state index contributed by atoms with van der Waals surface area (Å²) in [4.78, 5) is 12.5. The molecule has 4 heteroatoms. The number of carbonyl (C=O) groups excluding carboxylic acids is 1. The van der Waals surface area contributed by atoms with Crippen molar-refractivity contribution in [2.75, 3.05) is 0 Å². The van der Waals surface area contributed by atoms with E-state index >= 15 is 0 Å². The predicted octanol–water partition coefficient (Wildman–Crippen LogP) is 3.10. The quantitative estimate of drug-likeness (QED) is 0.841. The highest BCUT2D eigenvalue weighted by Gasteiger charge is 2.15. The predicted molar refractivity (Wildman–Crippen MR) is 63.9 cm³/mol. The maximum Gasteiger partial charge on any atom is 0.234 e. The molecule has 78 valence electrons. The Morgan fingerprint density at radius 1 is 1.71 bits per heavy atom. The molecule has 14 heavy (non-hydrogen) atoms. The highest BCUT2D eigenvalue weighted by molar-refractivity contribution is 9.10. The monoisotopic (exact) mass is 275 g/mol. The van der Waals surface area contributed by atoms with Gasteiger partial charge in [-0.05, 0) is 24.8 Å². The molecule has 0 aliphatic carbocycles. The fourth-order valence-corrected chi connectivity index (χ4v) is 2.14. The highest BCUT2D eigenvalue weighted by Crippen LogP contribution is 2.21. The van der Waals surface area contributed by atoms with Crippen LogP contribution in [0.2, 0.25) is 0 Å². The molecule has 0 bridgehead atoms. The molecule has 0 aliphatic rings. The molecule has 0 aromatic carbocycles. The summed E-state index contributed by atoms with van der Waals surface area (Å²) in [6, 6.07) is 4.22. The molecule has 2 nitrogen and oxygen atoms in total. The Bertz CT molecular complexity index is 284. The van der Waals surface area contributed by atoms with Gasteiger partial charge < -0.3 is 5.32 Å². The van der Waals surface area contributed by atoms with Gasteiger partial charge in [0.15, 0.2) is 0 Å². The first-order chi connectivity index (χ1) is 6.65. The van der Waals surface area contributed by atoms with Crippen molar-refractivity contribution >= 4 is 33.2 Å². The van der Waals surface area contributed by atoms with Crippen molar-refractivity contribution in [3.05, 3.63) is 22.4 Å². The summed E-state index contributed by atoms with van der Waals surface area (Å²) in [7, 11) is 0. The number of thiophene rings is 1. The van der Waals surface area contributed by atoms with Crippen LogP contribution in [0, 0.1) is 0 Å². The molecule has 1 N–H and O–H groups in total. The zero-order valence-electron chi connectivity index (χ0n) is 8.29. The lowest BCUT2D eigenvalue weighted by Gasteiger charge is -2.16. The van der Waals surface area contributed by atoms with E-state index < -0.39 is 0 Å². The first-order valence-electron chi connectivity index (χ1n) is 4.63. The van der Waals surface area contributed by atoms with Crippen LogP contribution in [0.5, 0.6) is 0 Å². The second-order valence-electron chi connectivity index (χ2n) is 3.10. The number of rotatable bonds is 4.